The maximum absolute atomic E-state index is 11.1. The van der Waals surface area contributed by atoms with Crippen molar-refractivity contribution in [3.63, 3.8) is 0 Å². The summed E-state index contributed by atoms with van der Waals surface area (Å²) in [5.41, 5.74) is 4.17. The van der Waals surface area contributed by atoms with Gasteiger partial charge in [-0.25, -0.2) is 0 Å². The monoisotopic (exact) mass is 240 g/mol. The number of hydrogen-bond acceptors (Lipinski definition) is 4. The van der Waals surface area contributed by atoms with Crippen LogP contribution >= 0.6 is 0 Å². The molecule has 5 nitrogen and oxygen atoms in total. The molecule has 0 bridgehead atoms. The average Bonchev–Trinajstić information content (AvgIpc) is 2.31. The fourth-order valence-corrected chi connectivity index (χ4v) is 1.77. The van der Waals surface area contributed by atoms with Crippen LogP contribution in [0, 0.1) is 10.1 Å². The standard InChI is InChI=1S/C12H20N2O3/c1-2-3-4-7-10-17-12(14(15)16)9-6-5-8-11(12)13/h5-6,8-9,11H,2-4,7,10,13H2,1H3. The molecule has 1 aliphatic carbocycles. The van der Waals surface area contributed by atoms with Gasteiger partial charge in [-0.1, -0.05) is 44.4 Å². The highest BCUT2D eigenvalue weighted by atomic mass is 16.7. The van der Waals surface area contributed by atoms with E-state index in [4.69, 9.17) is 10.5 Å². The zero-order valence-electron chi connectivity index (χ0n) is 10.2. The summed E-state index contributed by atoms with van der Waals surface area (Å²) in [4.78, 5) is 10.7. The van der Waals surface area contributed by atoms with Crippen LogP contribution in [0.5, 0.6) is 0 Å². The van der Waals surface area contributed by atoms with Crippen LogP contribution in [0.4, 0.5) is 0 Å². The first-order chi connectivity index (χ1) is 8.13. The van der Waals surface area contributed by atoms with Crippen LogP contribution in [0.2, 0.25) is 0 Å². The molecule has 0 saturated heterocycles. The van der Waals surface area contributed by atoms with E-state index in [0.717, 1.165) is 25.7 Å². The number of allylic oxidation sites excluding steroid dienone is 2. The lowest BCUT2D eigenvalue weighted by Crippen LogP contribution is -2.54. The number of nitro groups is 1. The minimum atomic E-state index is -1.58. The van der Waals surface area contributed by atoms with Crippen LogP contribution in [-0.2, 0) is 4.74 Å². The van der Waals surface area contributed by atoms with Gasteiger partial charge in [0.2, 0.25) is 0 Å². The van der Waals surface area contributed by atoms with Gasteiger partial charge in [0, 0.05) is 6.08 Å². The Kier molecular flexibility index (Phi) is 5.31. The second-order valence-corrected chi connectivity index (χ2v) is 4.19. The smallest absolute Gasteiger partial charge is 0.316 e. The lowest BCUT2D eigenvalue weighted by Gasteiger charge is -2.27. The van der Waals surface area contributed by atoms with E-state index in [0.29, 0.717) is 6.61 Å². The van der Waals surface area contributed by atoms with Gasteiger partial charge in [-0.15, -0.1) is 0 Å². The van der Waals surface area contributed by atoms with Crippen LogP contribution in [0.15, 0.2) is 24.3 Å². The van der Waals surface area contributed by atoms with E-state index >= 15 is 0 Å². The fourth-order valence-electron chi connectivity index (χ4n) is 1.77. The van der Waals surface area contributed by atoms with Crippen molar-refractivity contribution in [3.05, 3.63) is 34.4 Å². The summed E-state index contributed by atoms with van der Waals surface area (Å²) in [6.45, 7) is 2.48. The fraction of sp³-hybridized carbons (Fsp3) is 0.667. The van der Waals surface area contributed by atoms with Crippen molar-refractivity contribution in [2.75, 3.05) is 6.61 Å². The second-order valence-electron chi connectivity index (χ2n) is 4.19. The zero-order valence-corrected chi connectivity index (χ0v) is 10.2. The molecule has 0 saturated carbocycles. The summed E-state index contributed by atoms with van der Waals surface area (Å²) >= 11 is 0. The molecule has 0 aromatic carbocycles. The van der Waals surface area contributed by atoms with Gasteiger partial charge in [0.25, 0.3) is 0 Å². The Hall–Kier alpha value is -1.20. The third kappa shape index (κ3) is 3.38. The van der Waals surface area contributed by atoms with Crippen LogP contribution in [0.3, 0.4) is 0 Å². The summed E-state index contributed by atoms with van der Waals surface area (Å²) in [5.74, 6) is 0. The highest BCUT2D eigenvalue weighted by molar-refractivity contribution is 5.21. The Bertz CT molecular complexity index is 315. The normalized spacial score (nSPS) is 27.3. The maximum atomic E-state index is 11.1. The number of rotatable bonds is 7. The van der Waals surface area contributed by atoms with Crippen LogP contribution in [0.25, 0.3) is 0 Å². The number of unbranched alkanes of at least 4 members (excludes halogenated alkanes) is 3. The van der Waals surface area contributed by atoms with Crippen molar-refractivity contribution in [1.82, 2.24) is 0 Å². The van der Waals surface area contributed by atoms with Crippen LogP contribution < -0.4 is 5.73 Å². The van der Waals surface area contributed by atoms with E-state index in [1.807, 2.05) is 0 Å². The van der Waals surface area contributed by atoms with Gasteiger partial charge in [-0.3, -0.25) is 10.1 Å². The number of ether oxygens (including phenoxy) is 1. The summed E-state index contributed by atoms with van der Waals surface area (Å²) < 4.78 is 5.43. The molecule has 0 radical (unpaired) electrons. The maximum Gasteiger partial charge on any atom is 0.363 e. The van der Waals surface area contributed by atoms with Crippen LogP contribution in [0.1, 0.15) is 32.6 Å². The van der Waals surface area contributed by atoms with E-state index in [2.05, 4.69) is 6.92 Å². The molecule has 0 aliphatic heterocycles. The number of nitrogens with two attached hydrogens (primary N) is 1. The molecular weight excluding hydrogens is 220 g/mol. The van der Waals surface area contributed by atoms with Crippen molar-refractivity contribution in [2.45, 2.75) is 44.4 Å². The molecule has 0 aromatic heterocycles. The first kappa shape index (κ1) is 13.9. The van der Waals surface area contributed by atoms with E-state index < -0.39 is 16.7 Å². The summed E-state index contributed by atoms with van der Waals surface area (Å²) in [5, 5.41) is 11.1. The van der Waals surface area contributed by atoms with Gasteiger partial charge < -0.3 is 10.5 Å². The highest BCUT2D eigenvalue weighted by Crippen LogP contribution is 2.23. The van der Waals surface area contributed by atoms with Gasteiger partial charge in [-0.2, -0.15) is 0 Å². The molecule has 2 unspecified atom stereocenters. The molecular formula is C12H20N2O3. The van der Waals surface area contributed by atoms with Gasteiger partial charge in [-0.05, 0) is 6.42 Å². The molecule has 0 aromatic rings. The van der Waals surface area contributed by atoms with Gasteiger partial charge in [0.05, 0.1) is 11.5 Å². The van der Waals surface area contributed by atoms with Gasteiger partial charge in [0.1, 0.15) is 6.04 Å². The first-order valence-corrected chi connectivity index (χ1v) is 6.03. The van der Waals surface area contributed by atoms with Crippen molar-refractivity contribution < 1.29 is 9.66 Å². The van der Waals surface area contributed by atoms with E-state index in [1.54, 1.807) is 18.2 Å². The molecule has 0 amide bonds. The van der Waals surface area contributed by atoms with E-state index in [9.17, 15) is 10.1 Å². The lowest BCUT2D eigenvalue weighted by molar-refractivity contribution is -0.615. The predicted molar refractivity (Wildman–Crippen MR) is 66.1 cm³/mol. The molecule has 5 heteroatoms. The largest absolute Gasteiger partial charge is 0.363 e. The summed E-state index contributed by atoms with van der Waals surface area (Å²) in [6, 6.07) is -0.728. The molecule has 0 heterocycles. The van der Waals surface area contributed by atoms with Crippen molar-refractivity contribution in [1.29, 1.82) is 0 Å². The molecule has 0 spiro atoms. The molecule has 2 N–H and O–H groups in total. The molecule has 0 fully saturated rings. The van der Waals surface area contributed by atoms with Crippen molar-refractivity contribution in [3.8, 4) is 0 Å². The third-order valence-corrected chi connectivity index (χ3v) is 2.86. The Labute approximate surface area is 101 Å². The van der Waals surface area contributed by atoms with E-state index in [1.165, 1.54) is 6.08 Å². The number of hydrogen-bond donors (Lipinski definition) is 1. The minimum Gasteiger partial charge on any atom is -0.316 e. The molecule has 17 heavy (non-hydrogen) atoms. The summed E-state index contributed by atoms with van der Waals surface area (Å²) in [6.07, 6.45) is 10.4. The predicted octanol–water partition coefficient (Wildman–Crippen LogP) is 2.01. The van der Waals surface area contributed by atoms with Crippen molar-refractivity contribution in [2.24, 2.45) is 5.73 Å². The van der Waals surface area contributed by atoms with Crippen molar-refractivity contribution >= 4 is 0 Å². The lowest BCUT2D eigenvalue weighted by atomic mass is 10.00. The quantitative estimate of drug-likeness (QED) is 0.319. The highest BCUT2D eigenvalue weighted by Gasteiger charge is 2.47. The van der Waals surface area contributed by atoms with Crippen LogP contribution in [-0.4, -0.2) is 23.3 Å². The molecule has 2 atom stereocenters. The Balaban J connectivity index is 2.52. The SMILES string of the molecule is CCCCCCOC1([N+](=O)[O-])C=CC=CC1N. The molecule has 1 aliphatic rings. The molecule has 96 valence electrons. The average molecular weight is 240 g/mol. The van der Waals surface area contributed by atoms with Gasteiger partial charge in [0.15, 0.2) is 0 Å². The zero-order chi connectivity index (χ0) is 12.7. The summed E-state index contributed by atoms with van der Waals surface area (Å²) in [7, 11) is 0. The topological polar surface area (TPSA) is 78.4 Å². The Morgan fingerprint density at radius 3 is 2.76 bits per heavy atom. The second kappa shape index (κ2) is 6.51. The van der Waals surface area contributed by atoms with Gasteiger partial charge >= 0.3 is 5.72 Å². The molecule has 1 rings (SSSR count). The number of nitrogens with zero attached hydrogens (tertiary/aromatic N) is 1. The minimum absolute atomic E-state index is 0.368. The van der Waals surface area contributed by atoms with E-state index in [-0.39, 0.29) is 0 Å². The Morgan fingerprint density at radius 2 is 2.18 bits per heavy atom. The third-order valence-electron chi connectivity index (χ3n) is 2.86. The first-order valence-electron chi connectivity index (χ1n) is 6.03. The Morgan fingerprint density at radius 1 is 1.41 bits per heavy atom.